The van der Waals surface area contributed by atoms with Crippen molar-refractivity contribution in [2.75, 3.05) is 6.54 Å². The summed E-state index contributed by atoms with van der Waals surface area (Å²) in [5.74, 6) is -0.472. The molecule has 2 atom stereocenters. The van der Waals surface area contributed by atoms with Crippen molar-refractivity contribution in [3.8, 4) is 0 Å². The molecular formula is C19H28FNO3. The highest BCUT2D eigenvalue weighted by Gasteiger charge is 2.38. The van der Waals surface area contributed by atoms with Crippen LogP contribution < -0.4 is 0 Å². The molecule has 2 unspecified atom stereocenters. The molecule has 2 rings (SSSR count). The second-order valence-corrected chi connectivity index (χ2v) is 6.90. The first kappa shape index (κ1) is 18.9. The molecule has 1 saturated heterocycles. The van der Waals surface area contributed by atoms with Gasteiger partial charge in [0, 0.05) is 6.54 Å². The van der Waals surface area contributed by atoms with Gasteiger partial charge in [-0.25, -0.2) is 4.39 Å². The molecule has 1 heterocycles. The molecule has 0 bridgehead atoms. The van der Waals surface area contributed by atoms with E-state index in [1.165, 1.54) is 12.1 Å². The van der Waals surface area contributed by atoms with E-state index in [0.717, 1.165) is 18.4 Å². The van der Waals surface area contributed by atoms with Crippen LogP contribution in [0.25, 0.3) is 0 Å². The van der Waals surface area contributed by atoms with Gasteiger partial charge in [-0.15, -0.1) is 0 Å². The first-order valence-electron chi connectivity index (χ1n) is 8.84. The van der Waals surface area contributed by atoms with E-state index in [1.54, 1.807) is 17.0 Å². The molecule has 1 aliphatic rings. The monoisotopic (exact) mass is 337 g/mol. The Morgan fingerprint density at radius 3 is 2.38 bits per heavy atom. The van der Waals surface area contributed by atoms with Gasteiger partial charge in [0.2, 0.25) is 5.91 Å². The fraction of sp³-hybridized carbons (Fsp3) is 0.632. The highest BCUT2D eigenvalue weighted by Crippen LogP contribution is 2.34. The minimum Gasteiger partial charge on any atom is -0.391 e. The van der Waals surface area contributed by atoms with Gasteiger partial charge in [-0.05, 0) is 37.0 Å². The van der Waals surface area contributed by atoms with Gasteiger partial charge in [-0.1, -0.05) is 38.8 Å². The highest BCUT2D eigenvalue weighted by molar-refractivity contribution is 5.78. The predicted molar refractivity (Wildman–Crippen MR) is 90.9 cm³/mol. The number of likely N-dealkylation sites (tertiary alicyclic amines) is 1. The van der Waals surface area contributed by atoms with Crippen molar-refractivity contribution in [2.45, 2.75) is 70.1 Å². The summed E-state index contributed by atoms with van der Waals surface area (Å²) in [7, 11) is 0. The molecule has 1 amide bonds. The van der Waals surface area contributed by atoms with Crippen LogP contribution in [0.1, 0.15) is 64.0 Å². The van der Waals surface area contributed by atoms with Crippen molar-refractivity contribution in [3.63, 3.8) is 0 Å². The van der Waals surface area contributed by atoms with E-state index in [4.69, 9.17) is 0 Å². The van der Waals surface area contributed by atoms with Crippen molar-refractivity contribution in [2.24, 2.45) is 0 Å². The van der Waals surface area contributed by atoms with Gasteiger partial charge in [-0.3, -0.25) is 4.79 Å². The molecule has 2 N–H and O–H groups in total. The number of carbonyl (C=O) groups excluding carboxylic acids is 1. The number of benzene rings is 1. The van der Waals surface area contributed by atoms with E-state index in [2.05, 4.69) is 0 Å². The molecule has 24 heavy (non-hydrogen) atoms. The third kappa shape index (κ3) is 4.54. The summed E-state index contributed by atoms with van der Waals surface area (Å²) < 4.78 is 13.1. The maximum Gasteiger partial charge on any atom is 0.226 e. The molecule has 1 aliphatic heterocycles. The van der Waals surface area contributed by atoms with Crippen molar-refractivity contribution >= 4 is 5.91 Å². The molecule has 0 aromatic heterocycles. The number of halogens is 1. The third-order valence-corrected chi connectivity index (χ3v) is 4.77. The Morgan fingerprint density at radius 1 is 1.25 bits per heavy atom. The van der Waals surface area contributed by atoms with E-state index >= 15 is 0 Å². The molecule has 1 aromatic carbocycles. The summed E-state index contributed by atoms with van der Waals surface area (Å²) in [6.07, 6.45) is 2.72. The SMILES string of the molecule is CCCC(O)(CCC)CC(=O)N1CC(O)CC1c1ccc(F)cc1. The van der Waals surface area contributed by atoms with E-state index in [9.17, 15) is 19.4 Å². The van der Waals surface area contributed by atoms with Gasteiger partial charge in [-0.2, -0.15) is 0 Å². The van der Waals surface area contributed by atoms with E-state index < -0.39 is 11.7 Å². The van der Waals surface area contributed by atoms with Crippen LogP contribution in [0.3, 0.4) is 0 Å². The molecule has 0 radical (unpaired) electrons. The number of aliphatic hydroxyl groups is 2. The summed E-state index contributed by atoms with van der Waals surface area (Å²) in [5.41, 5.74) is -0.169. The Labute approximate surface area is 143 Å². The summed E-state index contributed by atoms with van der Waals surface area (Å²) in [6, 6.07) is 5.78. The molecule has 1 fully saturated rings. The van der Waals surface area contributed by atoms with E-state index in [0.29, 0.717) is 19.3 Å². The molecule has 5 heteroatoms. The lowest BCUT2D eigenvalue weighted by atomic mass is 9.88. The van der Waals surface area contributed by atoms with Crippen LogP contribution in [0.4, 0.5) is 4.39 Å². The second kappa shape index (κ2) is 8.08. The van der Waals surface area contributed by atoms with Crippen LogP contribution in [0.2, 0.25) is 0 Å². The summed E-state index contributed by atoms with van der Waals surface area (Å²) in [4.78, 5) is 14.4. The summed E-state index contributed by atoms with van der Waals surface area (Å²) >= 11 is 0. The number of aliphatic hydroxyl groups excluding tert-OH is 1. The van der Waals surface area contributed by atoms with Crippen molar-refractivity contribution in [1.82, 2.24) is 4.90 Å². The van der Waals surface area contributed by atoms with Gasteiger partial charge in [0.15, 0.2) is 0 Å². The number of amides is 1. The van der Waals surface area contributed by atoms with E-state index in [-0.39, 0.29) is 30.7 Å². The largest absolute Gasteiger partial charge is 0.391 e. The van der Waals surface area contributed by atoms with Crippen LogP contribution in [-0.2, 0) is 4.79 Å². The first-order chi connectivity index (χ1) is 11.4. The van der Waals surface area contributed by atoms with Gasteiger partial charge < -0.3 is 15.1 Å². The summed E-state index contributed by atoms with van der Waals surface area (Å²) in [5, 5.41) is 20.8. The number of β-amino-alcohol motifs (C(OH)–C–C–N with tert-alkyl or cyclic N) is 1. The average molecular weight is 337 g/mol. The minimum atomic E-state index is -0.985. The fourth-order valence-corrected chi connectivity index (χ4v) is 3.71. The zero-order chi connectivity index (χ0) is 17.7. The van der Waals surface area contributed by atoms with Crippen molar-refractivity contribution in [1.29, 1.82) is 0 Å². The first-order valence-corrected chi connectivity index (χ1v) is 8.84. The Morgan fingerprint density at radius 2 is 1.83 bits per heavy atom. The van der Waals surface area contributed by atoms with Gasteiger partial charge >= 0.3 is 0 Å². The van der Waals surface area contributed by atoms with Crippen LogP contribution in [0, 0.1) is 5.82 Å². The molecule has 0 aliphatic carbocycles. The van der Waals surface area contributed by atoms with Crippen LogP contribution >= 0.6 is 0 Å². The van der Waals surface area contributed by atoms with Crippen molar-refractivity contribution in [3.05, 3.63) is 35.6 Å². The molecule has 1 aromatic rings. The standard InChI is InChI=1S/C19H28FNO3/c1-3-9-19(24,10-4-2)12-18(23)21-13-16(22)11-17(21)14-5-7-15(20)8-6-14/h5-8,16-17,22,24H,3-4,9-13H2,1-2H3. The van der Waals surface area contributed by atoms with Gasteiger partial charge in [0.25, 0.3) is 0 Å². The maximum absolute atomic E-state index is 13.1. The van der Waals surface area contributed by atoms with Crippen molar-refractivity contribution < 1.29 is 19.4 Å². The van der Waals surface area contributed by atoms with Crippen LogP contribution in [0.15, 0.2) is 24.3 Å². The lowest BCUT2D eigenvalue weighted by Gasteiger charge is -2.31. The average Bonchev–Trinajstić information content (AvgIpc) is 2.90. The molecule has 4 nitrogen and oxygen atoms in total. The number of rotatable bonds is 7. The lowest BCUT2D eigenvalue weighted by molar-refractivity contribution is -0.138. The topological polar surface area (TPSA) is 60.8 Å². The Balaban J connectivity index is 2.15. The molecule has 0 spiro atoms. The fourth-order valence-electron chi connectivity index (χ4n) is 3.71. The Kier molecular flexibility index (Phi) is 6.35. The number of nitrogens with zero attached hydrogens (tertiary/aromatic N) is 1. The highest BCUT2D eigenvalue weighted by atomic mass is 19.1. The van der Waals surface area contributed by atoms with Crippen LogP contribution in [0.5, 0.6) is 0 Å². The Hall–Kier alpha value is -1.46. The number of hydrogen-bond donors (Lipinski definition) is 2. The number of hydrogen-bond acceptors (Lipinski definition) is 3. The van der Waals surface area contributed by atoms with Crippen LogP contribution in [-0.4, -0.2) is 39.3 Å². The maximum atomic E-state index is 13.1. The smallest absolute Gasteiger partial charge is 0.226 e. The Bertz CT molecular complexity index is 540. The van der Waals surface area contributed by atoms with Gasteiger partial charge in [0.05, 0.1) is 24.2 Å². The zero-order valence-electron chi connectivity index (χ0n) is 14.5. The molecule has 134 valence electrons. The number of carbonyl (C=O) groups is 1. The zero-order valence-corrected chi connectivity index (χ0v) is 14.5. The predicted octanol–water partition coefficient (Wildman–Crippen LogP) is 3.18. The summed E-state index contributed by atoms with van der Waals surface area (Å²) in [6.45, 7) is 4.24. The molecular weight excluding hydrogens is 309 g/mol. The third-order valence-electron chi connectivity index (χ3n) is 4.77. The van der Waals surface area contributed by atoms with Gasteiger partial charge in [0.1, 0.15) is 5.82 Å². The normalized spacial score (nSPS) is 21.3. The minimum absolute atomic E-state index is 0.0685. The second-order valence-electron chi connectivity index (χ2n) is 6.90. The van der Waals surface area contributed by atoms with E-state index in [1.807, 2.05) is 13.8 Å². The quantitative estimate of drug-likeness (QED) is 0.803. The lowest BCUT2D eigenvalue weighted by Crippen LogP contribution is -2.39. The molecule has 0 saturated carbocycles.